The first-order chi connectivity index (χ1) is 13.9. The molecule has 2 aromatic rings. The van der Waals surface area contributed by atoms with Crippen LogP contribution in [0.25, 0.3) is 0 Å². The summed E-state index contributed by atoms with van der Waals surface area (Å²) in [4.78, 5) is 2.40. The Labute approximate surface area is 174 Å². The van der Waals surface area contributed by atoms with E-state index in [0.717, 1.165) is 24.7 Å². The SMILES string of the molecule is COc1ccc(S(=O)(=O)Nc2ccc(F)c(Cl)c2)c2c1C[C@@H](N1CCCC1)CO2. The predicted octanol–water partition coefficient (Wildman–Crippen LogP) is 3.69. The second kappa shape index (κ2) is 8.01. The molecule has 29 heavy (non-hydrogen) atoms. The first-order valence-electron chi connectivity index (χ1n) is 9.43. The van der Waals surface area contributed by atoms with Crippen LogP contribution in [0.3, 0.4) is 0 Å². The quantitative estimate of drug-likeness (QED) is 0.768. The van der Waals surface area contributed by atoms with Crippen molar-refractivity contribution in [2.45, 2.75) is 30.2 Å². The molecule has 2 heterocycles. The van der Waals surface area contributed by atoms with E-state index in [-0.39, 0.29) is 21.6 Å². The fraction of sp³-hybridized carbons (Fsp3) is 0.400. The molecule has 0 saturated carbocycles. The summed E-state index contributed by atoms with van der Waals surface area (Å²) >= 11 is 5.77. The average molecular weight is 441 g/mol. The molecular weight excluding hydrogens is 419 g/mol. The summed E-state index contributed by atoms with van der Waals surface area (Å²) in [5, 5.41) is -0.160. The summed E-state index contributed by atoms with van der Waals surface area (Å²) in [7, 11) is -2.41. The number of halogens is 2. The van der Waals surface area contributed by atoms with Crippen LogP contribution in [0.5, 0.6) is 11.5 Å². The monoisotopic (exact) mass is 440 g/mol. The number of nitrogens with one attached hydrogen (secondary N) is 1. The molecule has 1 N–H and O–H groups in total. The molecule has 1 fully saturated rings. The zero-order valence-electron chi connectivity index (χ0n) is 16.0. The van der Waals surface area contributed by atoms with Crippen molar-refractivity contribution in [1.29, 1.82) is 0 Å². The third-order valence-corrected chi connectivity index (χ3v) is 7.07. The second-order valence-electron chi connectivity index (χ2n) is 7.22. The Balaban J connectivity index is 1.67. The molecule has 9 heteroatoms. The van der Waals surface area contributed by atoms with Gasteiger partial charge in [0.25, 0.3) is 10.0 Å². The van der Waals surface area contributed by atoms with E-state index in [2.05, 4.69) is 9.62 Å². The molecule has 0 spiro atoms. The topological polar surface area (TPSA) is 67.9 Å². The standard InChI is InChI=1S/C20H22ClFN2O4S/c1-27-18-6-7-19(29(25,26)23-13-4-5-17(22)16(21)10-13)20-15(18)11-14(12-28-20)24-8-2-3-9-24/h4-7,10,14,23H,2-3,8-9,11-12H2,1H3/t14-/m1/s1. The Morgan fingerprint density at radius 3 is 2.69 bits per heavy atom. The first-order valence-corrected chi connectivity index (χ1v) is 11.3. The van der Waals surface area contributed by atoms with Gasteiger partial charge in [-0.25, -0.2) is 12.8 Å². The number of sulfonamides is 1. The summed E-state index contributed by atoms with van der Waals surface area (Å²) in [6, 6.07) is 6.96. The van der Waals surface area contributed by atoms with Gasteiger partial charge in [0.05, 0.1) is 17.8 Å². The molecule has 0 amide bonds. The lowest BCUT2D eigenvalue weighted by atomic mass is 10.0. The minimum absolute atomic E-state index is 0.0219. The Hall–Kier alpha value is -2.03. The van der Waals surface area contributed by atoms with Crippen molar-refractivity contribution in [1.82, 2.24) is 4.90 Å². The highest BCUT2D eigenvalue weighted by Crippen LogP contribution is 2.40. The van der Waals surface area contributed by atoms with Gasteiger partial charge in [-0.3, -0.25) is 9.62 Å². The number of ether oxygens (including phenoxy) is 2. The number of likely N-dealkylation sites (tertiary alicyclic amines) is 1. The van der Waals surface area contributed by atoms with Crippen molar-refractivity contribution < 1.29 is 22.3 Å². The molecule has 2 aromatic carbocycles. The van der Waals surface area contributed by atoms with Gasteiger partial charge in [0.1, 0.15) is 28.8 Å². The summed E-state index contributed by atoms with van der Waals surface area (Å²) < 4.78 is 53.3. The first kappa shape index (κ1) is 20.3. The number of methoxy groups -OCH3 is 1. The maximum atomic E-state index is 13.4. The van der Waals surface area contributed by atoms with Crippen LogP contribution in [0.1, 0.15) is 18.4 Å². The van der Waals surface area contributed by atoms with Crippen LogP contribution >= 0.6 is 11.6 Å². The number of hydrogen-bond donors (Lipinski definition) is 1. The molecule has 0 bridgehead atoms. The molecule has 1 atom stereocenters. The molecule has 0 unspecified atom stereocenters. The average Bonchev–Trinajstić information content (AvgIpc) is 3.24. The van der Waals surface area contributed by atoms with Gasteiger partial charge >= 0.3 is 0 Å². The van der Waals surface area contributed by atoms with Crippen LogP contribution < -0.4 is 14.2 Å². The molecule has 4 rings (SSSR count). The zero-order chi connectivity index (χ0) is 20.6. The zero-order valence-corrected chi connectivity index (χ0v) is 17.5. The van der Waals surface area contributed by atoms with E-state index in [1.165, 1.54) is 31.0 Å². The molecule has 1 saturated heterocycles. The van der Waals surface area contributed by atoms with E-state index in [9.17, 15) is 12.8 Å². The molecule has 2 aliphatic rings. The van der Waals surface area contributed by atoms with Crippen LogP contribution in [0.15, 0.2) is 35.2 Å². The second-order valence-corrected chi connectivity index (χ2v) is 9.28. The normalized spacial score (nSPS) is 19.5. The lowest BCUT2D eigenvalue weighted by molar-refractivity contribution is 0.137. The summed E-state index contributed by atoms with van der Waals surface area (Å²) in [5.41, 5.74) is 0.919. The van der Waals surface area contributed by atoms with E-state index >= 15 is 0 Å². The molecule has 0 aliphatic carbocycles. The largest absolute Gasteiger partial charge is 0.496 e. The van der Waals surface area contributed by atoms with Gasteiger partial charge in [0.2, 0.25) is 0 Å². The van der Waals surface area contributed by atoms with Gasteiger partial charge in [-0.1, -0.05) is 11.6 Å². The minimum atomic E-state index is -3.97. The minimum Gasteiger partial charge on any atom is -0.496 e. The van der Waals surface area contributed by atoms with Crippen LogP contribution in [-0.4, -0.2) is 46.2 Å². The van der Waals surface area contributed by atoms with Crippen LogP contribution in [0, 0.1) is 5.82 Å². The van der Waals surface area contributed by atoms with E-state index in [1.807, 2.05) is 0 Å². The summed E-state index contributed by atoms with van der Waals surface area (Å²) in [6.45, 7) is 2.47. The van der Waals surface area contributed by atoms with Crippen LogP contribution in [-0.2, 0) is 16.4 Å². The molecule has 156 valence electrons. The number of nitrogens with zero attached hydrogens (tertiary/aromatic N) is 1. The number of rotatable bonds is 5. The van der Waals surface area contributed by atoms with Gasteiger partial charge < -0.3 is 9.47 Å². The fourth-order valence-electron chi connectivity index (χ4n) is 3.93. The Kier molecular flexibility index (Phi) is 5.59. The van der Waals surface area contributed by atoms with Crippen molar-refractivity contribution >= 4 is 27.3 Å². The van der Waals surface area contributed by atoms with E-state index < -0.39 is 15.8 Å². The highest BCUT2D eigenvalue weighted by atomic mass is 35.5. The summed E-state index contributed by atoms with van der Waals surface area (Å²) in [6.07, 6.45) is 2.99. The van der Waals surface area contributed by atoms with Gasteiger partial charge in [-0.05, 0) is 62.7 Å². The maximum Gasteiger partial charge on any atom is 0.265 e. The Morgan fingerprint density at radius 1 is 1.24 bits per heavy atom. The third kappa shape index (κ3) is 4.01. The van der Waals surface area contributed by atoms with E-state index in [0.29, 0.717) is 24.5 Å². The van der Waals surface area contributed by atoms with Crippen molar-refractivity contribution in [2.24, 2.45) is 0 Å². The molecule has 0 radical (unpaired) electrons. The third-order valence-electron chi connectivity index (χ3n) is 5.38. The number of anilines is 1. The molecular formula is C20H22ClFN2O4S. The van der Waals surface area contributed by atoms with Crippen molar-refractivity contribution in [3.63, 3.8) is 0 Å². The lowest BCUT2D eigenvalue weighted by Crippen LogP contribution is -2.41. The van der Waals surface area contributed by atoms with E-state index in [1.54, 1.807) is 13.2 Å². The number of fused-ring (bicyclic) bond motifs is 1. The van der Waals surface area contributed by atoms with Gasteiger partial charge in [-0.15, -0.1) is 0 Å². The number of benzene rings is 2. The van der Waals surface area contributed by atoms with E-state index in [4.69, 9.17) is 21.1 Å². The lowest BCUT2D eigenvalue weighted by Gasteiger charge is -2.33. The van der Waals surface area contributed by atoms with Crippen LogP contribution in [0.4, 0.5) is 10.1 Å². The molecule has 6 nitrogen and oxygen atoms in total. The van der Waals surface area contributed by atoms with Crippen molar-refractivity contribution in [3.8, 4) is 11.5 Å². The molecule has 0 aromatic heterocycles. The van der Waals surface area contributed by atoms with Crippen molar-refractivity contribution in [3.05, 3.63) is 46.7 Å². The number of hydrogen-bond acceptors (Lipinski definition) is 5. The van der Waals surface area contributed by atoms with Gasteiger partial charge in [0, 0.05) is 11.6 Å². The smallest absolute Gasteiger partial charge is 0.265 e. The predicted molar refractivity (Wildman–Crippen MR) is 109 cm³/mol. The highest BCUT2D eigenvalue weighted by molar-refractivity contribution is 7.92. The summed E-state index contributed by atoms with van der Waals surface area (Å²) in [5.74, 6) is 0.293. The van der Waals surface area contributed by atoms with Crippen molar-refractivity contribution in [2.75, 3.05) is 31.5 Å². The van der Waals surface area contributed by atoms with Crippen LogP contribution in [0.2, 0.25) is 5.02 Å². The van der Waals surface area contributed by atoms with Gasteiger partial charge in [-0.2, -0.15) is 0 Å². The maximum absolute atomic E-state index is 13.4. The Morgan fingerprint density at radius 2 is 2.00 bits per heavy atom. The highest BCUT2D eigenvalue weighted by Gasteiger charge is 2.33. The fourth-order valence-corrected chi connectivity index (χ4v) is 5.33. The molecule has 2 aliphatic heterocycles. The van der Waals surface area contributed by atoms with Gasteiger partial charge in [0.15, 0.2) is 0 Å². The Bertz CT molecular complexity index is 1030.